The predicted octanol–water partition coefficient (Wildman–Crippen LogP) is 1.94. The monoisotopic (exact) mass is 415 g/mol. The summed E-state index contributed by atoms with van der Waals surface area (Å²) in [5, 5.41) is 11.6. The van der Waals surface area contributed by atoms with Gasteiger partial charge in [0.25, 0.3) is 21.9 Å². The lowest BCUT2D eigenvalue weighted by Gasteiger charge is -2.18. The zero-order chi connectivity index (χ0) is 21.2. The molecule has 3 aromatic rings. The van der Waals surface area contributed by atoms with Gasteiger partial charge in [-0.05, 0) is 36.8 Å². The molecule has 3 N–H and O–H groups in total. The lowest BCUT2D eigenvalue weighted by atomic mass is 10.0. The first-order valence-corrected chi connectivity index (χ1v) is 10.1. The summed E-state index contributed by atoms with van der Waals surface area (Å²) in [6, 6.07) is 13.9. The van der Waals surface area contributed by atoms with E-state index in [2.05, 4.69) is 14.4 Å². The molecule has 0 saturated carbocycles. The summed E-state index contributed by atoms with van der Waals surface area (Å²) in [6.07, 6.45) is 0.743. The second kappa shape index (κ2) is 7.81. The van der Waals surface area contributed by atoms with Crippen LogP contribution in [0.25, 0.3) is 22.8 Å². The van der Waals surface area contributed by atoms with E-state index in [0.29, 0.717) is 22.8 Å². The number of nitrogens with one attached hydrogen (secondary N) is 1. The van der Waals surface area contributed by atoms with Crippen LogP contribution in [0.3, 0.4) is 0 Å². The molecule has 0 spiro atoms. The van der Waals surface area contributed by atoms with E-state index in [0.717, 1.165) is 11.8 Å². The number of aromatic nitrogens is 2. The molecule has 1 aromatic heterocycles. The molecule has 0 saturated heterocycles. The van der Waals surface area contributed by atoms with Crippen molar-refractivity contribution in [1.82, 2.24) is 15.2 Å². The first-order chi connectivity index (χ1) is 13.7. The van der Waals surface area contributed by atoms with Gasteiger partial charge in [0.15, 0.2) is 0 Å². The Balaban J connectivity index is 1.90. The molecule has 1 amide bonds. The van der Waals surface area contributed by atoms with E-state index >= 15 is 0 Å². The molecule has 1 heterocycles. The predicted molar refractivity (Wildman–Crippen MR) is 104 cm³/mol. The molecular formula is C18H17N5O5S. The minimum Gasteiger partial charge on any atom is -0.368 e. The average molecular weight is 415 g/mol. The normalized spacial score (nSPS) is 11.2. The van der Waals surface area contributed by atoms with Gasteiger partial charge in [0.05, 0.1) is 6.26 Å². The highest BCUT2D eigenvalue weighted by molar-refractivity contribution is 7.85. The number of amides is 1. The van der Waals surface area contributed by atoms with Crippen molar-refractivity contribution in [2.45, 2.75) is 6.92 Å². The van der Waals surface area contributed by atoms with Gasteiger partial charge in [0.2, 0.25) is 11.8 Å². The third-order valence-corrected chi connectivity index (χ3v) is 4.19. The van der Waals surface area contributed by atoms with Crippen LogP contribution in [-0.4, -0.2) is 41.7 Å². The Morgan fingerprint density at radius 2 is 1.86 bits per heavy atom. The number of carbonyl (C=O) groups is 1. The van der Waals surface area contributed by atoms with Crippen molar-refractivity contribution in [1.29, 1.82) is 5.41 Å². The van der Waals surface area contributed by atoms with Crippen LogP contribution in [0.1, 0.15) is 15.9 Å². The van der Waals surface area contributed by atoms with Gasteiger partial charge in [0.1, 0.15) is 0 Å². The lowest BCUT2D eigenvalue weighted by molar-refractivity contribution is 0.0200. The minimum absolute atomic E-state index is 0.0966. The zero-order valence-electron chi connectivity index (χ0n) is 15.5. The molecule has 150 valence electrons. The quantitative estimate of drug-likeness (QED) is 0.364. The van der Waals surface area contributed by atoms with E-state index in [1.807, 2.05) is 30.3 Å². The van der Waals surface area contributed by atoms with Gasteiger partial charge in [-0.2, -0.15) is 13.4 Å². The fraction of sp³-hybridized carbons (Fsp3) is 0.111. The maximum atomic E-state index is 12.6. The molecule has 11 heteroatoms. The molecular weight excluding hydrogens is 398 g/mol. The van der Waals surface area contributed by atoms with Gasteiger partial charge >= 0.3 is 0 Å². The Labute approximate surface area is 166 Å². The number of nitrogens with zero attached hydrogens (tertiary/aromatic N) is 3. The van der Waals surface area contributed by atoms with Gasteiger partial charge in [-0.1, -0.05) is 29.4 Å². The smallest absolute Gasteiger partial charge is 0.286 e. The van der Waals surface area contributed by atoms with Crippen LogP contribution in [0.4, 0.5) is 0 Å². The number of rotatable bonds is 5. The Morgan fingerprint density at radius 3 is 2.45 bits per heavy atom. The molecule has 0 bridgehead atoms. The maximum absolute atomic E-state index is 12.6. The highest BCUT2D eigenvalue weighted by Gasteiger charge is 2.25. The van der Waals surface area contributed by atoms with Crippen molar-refractivity contribution >= 4 is 22.0 Å². The molecule has 0 aliphatic rings. The number of guanidine groups is 1. The average Bonchev–Trinajstić information content (AvgIpc) is 3.15. The number of hydrogen-bond donors (Lipinski definition) is 2. The van der Waals surface area contributed by atoms with Gasteiger partial charge in [0, 0.05) is 16.7 Å². The van der Waals surface area contributed by atoms with Crippen LogP contribution < -0.4 is 5.73 Å². The number of carbonyl (C=O) groups excluding carboxylic acids is 1. The molecule has 0 aliphatic heterocycles. The largest absolute Gasteiger partial charge is 0.368 e. The molecule has 0 aliphatic carbocycles. The Bertz CT molecular complexity index is 1170. The summed E-state index contributed by atoms with van der Waals surface area (Å²) in [7, 11) is -4.06. The van der Waals surface area contributed by atoms with E-state index in [1.54, 1.807) is 19.1 Å². The second-order valence-corrected chi connectivity index (χ2v) is 7.64. The van der Waals surface area contributed by atoms with Crippen molar-refractivity contribution in [3.8, 4) is 22.8 Å². The summed E-state index contributed by atoms with van der Waals surface area (Å²) < 4.78 is 32.4. The number of hydroxylamine groups is 2. The van der Waals surface area contributed by atoms with E-state index in [9.17, 15) is 13.2 Å². The van der Waals surface area contributed by atoms with Crippen LogP contribution in [0, 0.1) is 12.3 Å². The Hall–Kier alpha value is -3.57. The third-order valence-electron chi connectivity index (χ3n) is 3.77. The molecule has 10 nitrogen and oxygen atoms in total. The third kappa shape index (κ3) is 4.65. The summed E-state index contributed by atoms with van der Waals surface area (Å²) in [6.45, 7) is 1.63. The number of benzene rings is 2. The fourth-order valence-electron chi connectivity index (χ4n) is 2.51. The first-order valence-electron chi connectivity index (χ1n) is 8.24. The molecule has 3 rings (SSSR count). The van der Waals surface area contributed by atoms with Crippen LogP contribution in [-0.2, 0) is 14.4 Å². The van der Waals surface area contributed by atoms with E-state index < -0.39 is 22.0 Å². The summed E-state index contributed by atoms with van der Waals surface area (Å²) in [5.41, 5.74) is 7.20. The molecule has 0 unspecified atom stereocenters. The molecule has 2 aromatic carbocycles. The van der Waals surface area contributed by atoms with Crippen molar-refractivity contribution in [3.63, 3.8) is 0 Å². The van der Waals surface area contributed by atoms with Crippen molar-refractivity contribution in [2.24, 2.45) is 5.73 Å². The Kier molecular flexibility index (Phi) is 5.43. The topological polar surface area (TPSA) is 152 Å². The van der Waals surface area contributed by atoms with E-state index in [-0.39, 0.29) is 10.6 Å². The van der Waals surface area contributed by atoms with Crippen LogP contribution in [0.5, 0.6) is 0 Å². The van der Waals surface area contributed by atoms with Gasteiger partial charge in [-0.25, -0.2) is 0 Å². The summed E-state index contributed by atoms with van der Waals surface area (Å²) >= 11 is 0. The Morgan fingerprint density at radius 1 is 1.17 bits per heavy atom. The van der Waals surface area contributed by atoms with Crippen LogP contribution in [0.2, 0.25) is 0 Å². The van der Waals surface area contributed by atoms with E-state index in [1.165, 1.54) is 6.07 Å². The van der Waals surface area contributed by atoms with E-state index in [4.69, 9.17) is 15.7 Å². The molecule has 0 fully saturated rings. The molecule has 0 atom stereocenters. The van der Waals surface area contributed by atoms with Gasteiger partial charge in [-0.3, -0.25) is 10.2 Å². The van der Waals surface area contributed by atoms with Crippen molar-refractivity contribution in [2.75, 3.05) is 6.26 Å². The number of hydrogen-bond acceptors (Lipinski definition) is 8. The first kappa shape index (κ1) is 20.2. The van der Waals surface area contributed by atoms with Crippen LogP contribution >= 0.6 is 0 Å². The molecule has 0 radical (unpaired) electrons. The number of nitrogens with two attached hydrogens (primary N) is 1. The van der Waals surface area contributed by atoms with Crippen molar-refractivity contribution < 1.29 is 22.0 Å². The highest BCUT2D eigenvalue weighted by Crippen LogP contribution is 2.24. The zero-order valence-corrected chi connectivity index (χ0v) is 16.3. The molecule has 29 heavy (non-hydrogen) atoms. The minimum atomic E-state index is -4.06. The van der Waals surface area contributed by atoms with Gasteiger partial charge in [-0.15, -0.1) is 9.35 Å². The SMILES string of the molecule is Cc1cc(-c2noc(-c3ccccc3)n2)ccc1C(=O)N(OS(C)(=O)=O)C(=N)N. The van der Waals surface area contributed by atoms with Gasteiger partial charge < -0.3 is 10.3 Å². The highest BCUT2D eigenvalue weighted by atomic mass is 32.2. The number of aryl methyl sites for hydroxylation is 1. The maximum Gasteiger partial charge on any atom is 0.286 e. The standard InChI is InChI=1S/C18H17N5O5S/c1-11-10-13(15-21-16(27-22-15)12-6-4-3-5-7-12)8-9-14(11)17(24)23(18(19)20)28-29(2,25)26/h3-10H,1-2H3,(H3,19,20). The summed E-state index contributed by atoms with van der Waals surface area (Å²) in [4.78, 5) is 16.9. The van der Waals surface area contributed by atoms with Crippen LogP contribution in [0.15, 0.2) is 53.1 Å². The summed E-state index contributed by atoms with van der Waals surface area (Å²) in [5.74, 6) is -1.09. The fourth-order valence-corrected chi connectivity index (χ4v) is 2.93. The second-order valence-electron chi connectivity index (χ2n) is 6.08. The lowest BCUT2D eigenvalue weighted by Crippen LogP contribution is -2.42. The van der Waals surface area contributed by atoms with Crippen molar-refractivity contribution in [3.05, 3.63) is 59.7 Å².